The van der Waals surface area contributed by atoms with Crippen LogP contribution in [0.4, 0.5) is 4.39 Å². The number of hydrogen-bond donors (Lipinski definition) is 2. The number of hydrogen-bond acceptors (Lipinski definition) is 2. The van der Waals surface area contributed by atoms with Crippen LogP contribution in [-0.2, 0) is 6.42 Å². The first kappa shape index (κ1) is 11.1. The standard InChI is InChI=1S/C12H13FO3/c1-7-9(11(14)15)4-8(5-10(7)13)6-12(16)2-3-12/h4-5,16H,2-3,6H2,1H3,(H,14,15). The van der Waals surface area contributed by atoms with Crippen LogP contribution in [0.5, 0.6) is 0 Å². The van der Waals surface area contributed by atoms with Gasteiger partial charge in [-0.1, -0.05) is 0 Å². The van der Waals surface area contributed by atoms with E-state index in [4.69, 9.17) is 5.11 Å². The summed E-state index contributed by atoms with van der Waals surface area (Å²) in [5.74, 6) is -1.67. The van der Waals surface area contributed by atoms with E-state index in [1.807, 2.05) is 0 Å². The summed E-state index contributed by atoms with van der Waals surface area (Å²) in [5.41, 5.74) is -0.0870. The summed E-state index contributed by atoms with van der Waals surface area (Å²) in [4.78, 5) is 10.9. The van der Waals surface area contributed by atoms with Gasteiger partial charge in [0.2, 0.25) is 0 Å². The fourth-order valence-corrected chi connectivity index (χ4v) is 1.76. The molecule has 0 radical (unpaired) electrons. The van der Waals surface area contributed by atoms with Gasteiger partial charge in [-0.05, 0) is 43.0 Å². The van der Waals surface area contributed by atoms with E-state index in [1.54, 1.807) is 0 Å². The number of benzene rings is 1. The second-order valence-corrected chi connectivity index (χ2v) is 4.46. The van der Waals surface area contributed by atoms with Crippen molar-refractivity contribution in [3.8, 4) is 0 Å². The minimum atomic E-state index is -1.14. The van der Waals surface area contributed by atoms with Crippen molar-refractivity contribution in [2.75, 3.05) is 0 Å². The molecule has 0 bridgehead atoms. The van der Waals surface area contributed by atoms with Crippen molar-refractivity contribution in [1.29, 1.82) is 0 Å². The van der Waals surface area contributed by atoms with E-state index in [-0.39, 0.29) is 11.1 Å². The Labute approximate surface area is 92.5 Å². The molecule has 0 unspecified atom stereocenters. The molecule has 4 heteroatoms. The molecule has 0 saturated heterocycles. The molecular formula is C12H13FO3. The zero-order valence-electron chi connectivity index (χ0n) is 8.96. The molecule has 1 aliphatic rings. The predicted octanol–water partition coefficient (Wildman–Crippen LogP) is 1.90. The average molecular weight is 224 g/mol. The lowest BCUT2D eigenvalue weighted by Gasteiger charge is -2.10. The van der Waals surface area contributed by atoms with Gasteiger partial charge in [0.15, 0.2) is 0 Å². The van der Waals surface area contributed by atoms with Crippen molar-refractivity contribution < 1.29 is 19.4 Å². The number of aromatic carboxylic acids is 1. The van der Waals surface area contributed by atoms with Gasteiger partial charge in [-0.2, -0.15) is 0 Å². The molecule has 16 heavy (non-hydrogen) atoms. The zero-order valence-corrected chi connectivity index (χ0v) is 8.96. The lowest BCUT2D eigenvalue weighted by Crippen LogP contribution is -2.12. The maximum atomic E-state index is 13.5. The first-order valence-corrected chi connectivity index (χ1v) is 5.16. The van der Waals surface area contributed by atoms with E-state index >= 15 is 0 Å². The van der Waals surface area contributed by atoms with Crippen LogP contribution in [0.15, 0.2) is 12.1 Å². The largest absolute Gasteiger partial charge is 0.478 e. The van der Waals surface area contributed by atoms with Gasteiger partial charge in [-0.25, -0.2) is 9.18 Å². The highest BCUT2D eigenvalue weighted by Gasteiger charge is 2.40. The molecule has 0 heterocycles. The lowest BCUT2D eigenvalue weighted by molar-refractivity contribution is 0.0695. The Bertz CT molecular complexity index is 450. The molecule has 1 aromatic rings. The molecule has 0 amide bonds. The number of halogens is 1. The smallest absolute Gasteiger partial charge is 0.336 e. The van der Waals surface area contributed by atoms with Crippen LogP contribution in [-0.4, -0.2) is 21.8 Å². The van der Waals surface area contributed by atoms with Gasteiger partial charge in [0.1, 0.15) is 5.82 Å². The van der Waals surface area contributed by atoms with E-state index in [1.165, 1.54) is 19.1 Å². The molecule has 0 atom stereocenters. The van der Waals surface area contributed by atoms with Gasteiger partial charge in [0.25, 0.3) is 0 Å². The van der Waals surface area contributed by atoms with Crippen LogP contribution in [0.1, 0.15) is 34.3 Å². The van der Waals surface area contributed by atoms with Gasteiger partial charge in [-0.15, -0.1) is 0 Å². The highest BCUT2D eigenvalue weighted by Crippen LogP contribution is 2.38. The van der Waals surface area contributed by atoms with Gasteiger partial charge >= 0.3 is 5.97 Å². The quantitative estimate of drug-likeness (QED) is 0.824. The fraction of sp³-hybridized carbons (Fsp3) is 0.417. The summed E-state index contributed by atoms with van der Waals surface area (Å²) < 4.78 is 13.5. The SMILES string of the molecule is Cc1c(F)cc(CC2(O)CC2)cc1C(=O)O. The van der Waals surface area contributed by atoms with E-state index in [0.29, 0.717) is 24.8 Å². The lowest BCUT2D eigenvalue weighted by atomic mass is 10.00. The van der Waals surface area contributed by atoms with Gasteiger partial charge in [0, 0.05) is 6.42 Å². The summed E-state index contributed by atoms with van der Waals surface area (Å²) in [5, 5.41) is 18.6. The second kappa shape index (κ2) is 3.56. The minimum absolute atomic E-state index is 0.0285. The van der Waals surface area contributed by atoms with E-state index in [0.717, 1.165) is 0 Å². The Morgan fingerprint density at radius 2 is 2.12 bits per heavy atom. The molecule has 1 aromatic carbocycles. The van der Waals surface area contributed by atoms with E-state index < -0.39 is 17.4 Å². The Morgan fingerprint density at radius 3 is 2.62 bits per heavy atom. The highest BCUT2D eigenvalue weighted by atomic mass is 19.1. The van der Waals surface area contributed by atoms with Crippen LogP contribution in [0, 0.1) is 12.7 Å². The third-order valence-corrected chi connectivity index (χ3v) is 2.99. The summed E-state index contributed by atoms with van der Waals surface area (Å²) >= 11 is 0. The molecule has 0 aromatic heterocycles. The first-order valence-electron chi connectivity index (χ1n) is 5.16. The fourth-order valence-electron chi connectivity index (χ4n) is 1.76. The predicted molar refractivity (Wildman–Crippen MR) is 56.0 cm³/mol. The number of carboxylic acids is 1. The molecule has 1 fully saturated rings. The zero-order chi connectivity index (χ0) is 11.9. The van der Waals surface area contributed by atoms with E-state index in [9.17, 15) is 14.3 Å². The third-order valence-electron chi connectivity index (χ3n) is 2.99. The molecule has 2 N–H and O–H groups in total. The molecule has 3 nitrogen and oxygen atoms in total. The number of rotatable bonds is 3. The minimum Gasteiger partial charge on any atom is -0.478 e. The van der Waals surface area contributed by atoms with Crippen LogP contribution in [0.25, 0.3) is 0 Å². The molecule has 0 aliphatic heterocycles. The van der Waals surface area contributed by atoms with Crippen molar-refractivity contribution in [2.45, 2.75) is 31.8 Å². The van der Waals surface area contributed by atoms with E-state index in [2.05, 4.69) is 0 Å². The topological polar surface area (TPSA) is 57.5 Å². The average Bonchev–Trinajstić information content (AvgIpc) is 2.89. The molecule has 86 valence electrons. The number of aliphatic hydroxyl groups is 1. The van der Waals surface area contributed by atoms with Crippen molar-refractivity contribution in [3.05, 3.63) is 34.6 Å². The van der Waals surface area contributed by atoms with Crippen LogP contribution in [0.3, 0.4) is 0 Å². The maximum absolute atomic E-state index is 13.5. The first-order chi connectivity index (χ1) is 7.41. The molecule has 1 aliphatic carbocycles. The normalized spacial score (nSPS) is 17.2. The Balaban J connectivity index is 2.36. The molecular weight excluding hydrogens is 211 g/mol. The second-order valence-electron chi connectivity index (χ2n) is 4.46. The van der Waals surface area contributed by atoms with Crippen LogP contribution < -0.4 is 0 Å². The van der Waals surface area contributed by atoms with Crippen molar-refractivity contribution in [3.63, 3.8) is 0 Å². The molecule has 1 saturated carbocycles. The molecule has 2 rings (SSSR count). The molecule has 0 spiro atoms. The summed E-state index contributed by atoms with van der Waals surface area (Å²) in [6.45, 7) is 1.44. The monoisotopic (exact) mass is 224 g/mol. The Hall–Kier alpha value is -1.42. The summed E-state index contributed by atoms with van der Waals surface area (Å²) in [7, 11) is 0. The third kappa shape index (κ3) is 2.07. The Kier molecular flexibility index (Phi) is 2.46. The number of carbonyl (C=O) groups is 1. The van der Waals surface area contributed by atoms with Gasteiger partial charge < -0.3 is 10.2 Å². The maximum Gasteiger partial charge on any atom is 0.336 e. The van der Waals surface area contributed by atoms with Crippen molar-refractivity contribution in [2.24, 2.45) is 0 Å². The highest BCUT2D eigenvalue weighted by molar-refractivity contribution is 5.89. The Morgan fingerprint density at radius 1 is 1.50 bits per heavy atom. The van der Waals surface area contributed by atoms with Crippen molar-refractivity contribution in [1.82, 2.24) is 0 Å². The summed E-state index contributed by atoms with van der Waals surface area (Å²) in [6.07, 6.45) is 1.72. The van der Waals surface area contributed by atoms with Crippen LogP contribution >= 0.6 is 0 Å². The van der Waals surface area contributed by atoms with Gasteiger partial charge in [0.05, 0.1) is 11.2 Å². The number of carboxylic acid groups (broad SMARTS) is 1. The van der Waals surface area contributed by atoms with Crippen molar-refractivity contribution >= 4 is 5.97 Å². The van der Waals surface area contributed by atoms with Crippen LogP contribution in [0.2, 0.25) is 0 Å². The summed E-state index contributed by atoms with van der Waals surface area (Å²) in [6, 6.07) is 2.75. The van der Waals surface area contributed by atoms with Gasteiger partial charge in [-0.3, -0.25) is 0 Å².